The lowest BCUT2D eigenvalue weighted by Gasteiger charge is -2.19. The molecule has 0 radical (unpaired) electrons. The first-order valence-electron chi connectivity index (χ1n) is 5.28. The summed E-state index contributed by atoms with van der Waals surface area (Å²) < 4.78 is 5.08. The number of rotatable bonds is 1. The highest BCUT2D eigenvalue weighted by atomic mass is 16.6. The number of carbonyl (C=O) groups excluding carboxylic acids is 1. The molecule has 2 aromatic heterocycles. The van der Waals surface area contributed by atoms with Gasteiger partial charge in [0.1, 0.15) is 17.4 Å². The summed E-state index contributed by atoms with van der Waals surface area (Å²) in [6.07, 6.45) is 0.586. The molecule has 0 saturated heterocycles. The minimum Gasteiger partial charge on any atom is -0.444 e. The van der Waals surface area contributed by atoms with Crippen LogP contribution in [0.2, 0.25) is 0 Å². The maximum Gasteiger partial charge on any atom is 0.413 e. The van der Waals surface area contributed by atoms with E-state index in [0.29, 0.717) is 11.2 Å². The summed E-state index contributed by atoms with van der Waals surface area (Å²) in [6.45, 7) is 5.25. The van der Waals surface area contributed by atoms with Crippen molar-refractivity contribution in [2.24, 2.45) is 0 Å². The van der Waals surface area contributed by atoms with Gasteiger partial charge in [-0.1, -0.05) is 0 Å². The van der Waals surface area contributed by atoms with Crippen LogP contribution < -0.4 is 11.0 Å². The molecule has 8 heteroatoms. The van der Waals surface area contributed by atoms with E-state index in [1.165, 1.54) is 6.33 Å². The average molecular weight is 251 g/mol. The van der Waals surface area contributed by atoms with Crippen molar-refractivity contribution in [3.05, 3.63) is 16.8 Å². The van der Waals surface area contributed by atoms with Crippen LogP contribution >= 0.6 is 0 Å². The fourth-order valence-corrected chi connectivity index (χ4v) is 1.35. The number of hydrogen-bond donors (Lipinski definition) is 3. The Kier molecular flexibility index (Phi) is 2.77. The van der Waals surface area contributed by atoms with Gasteiger partial charge >= 0.3 is 11.8 Å². The molecule has 0 bridgehead atoms. The number of nitrogens with zero attached hydrogens (tertiary/aromatic N) is 2. The van der Waals surface area contributed by atoms with Crippen molar-refractivity contribution in [3.63, 3.8) is 0 Å². The Morgan fingerprint density at radius 2 is 2.06 bits per heavy atom. The van der Waals surface area contributed by atoms with Crippen LogP contribution in [0.3, 0.4) is 0 Å². The van der Waals surface area contributed by atoms with Crippen LogP contribution in [0.25, 0.3) is 11.2 Å². The minimum absolute atomic E-state index is 0.188. The highest BCUT2D eigenvalue weighted by Gasteiger charge is 2.18. The summed E-state index contributed by atoms with van der Waals surface area (Å²) in [4.78, 5) is 35.4. The van der Waals surface area contributed by atoms with E-state index < -0.39 is 17.4 Å². The second kappa shape index (κ2) is 4.13. The van der Waals surface area contributed by atoms with Crippen LogP contribution in [0.1, 0.15) is 20.8 Å². The third-order valence-electron chi connectivity index (χ3n) is 1.94. The Bertz CT molecular complexity index is 637. The molecule has 0 aliphatic carbocycles. The molecule has 0 unspecified atom stereocenters. The Hall–Kier alpha value is -2.38. The van der Waals surface area contributed by atoms with Gasteiger partial charge in [-0.2, -0.15) is 0 Å². The molecule has 3 N–H and O–H groups in total. The van der Waals surface area contributed by atoms with E-state index in [-0.39, 0.29) is 5.82 Å². The quantitative estimate of drug-likeness (QED) is 0.699. The number of nitrogens with one attached hydrogen (secondary N) is 3. The summed E-state index contributed by atoms with van der Waals surface area (Å²) >= 11 is 0. The fourth-order valence-electron chi connectivity index (χ4n) is 1.35. The minimum atomic E-state index is -0.649. The molecule has 0 atom stereocenters. The maximum atomic E-state index is 11.6. The molecule has 2 aromatic rings. The van der Waals surface area contributed by atoms with Crippen molar-refractivity contribution in [2.45, 2.75) is 26.4 Å². The standard InChI is InChI=1S/C10H13N5O3/c1-10(2,3)18-9(17)15-7-5-6(11-4-12-7)14-8(16)13-5/h4H,1-3H3,(H3,11,12,13,14,15,16,17). The molecule has 0 spiro atoms. The Morgan fingerprint density at radius 3 is 2.72 bits per heavy atom. The van der Waals surface area contributed by atoms with Crippen molar-refractivity contribution in [3.8, 4) is 0 Å². The van der Waals surface area contributed by atoms with Crippen LogP contribution in [0, 0.1) is 0 Å². The van der Waals surface area contributed by atoms with E-state index in [1.807, 2.05) is 0 Å². The van der Waals surface area contributed by atoms with Gasteiger partial charge in [0.2, 0.25) is 0 Å². The summed E-state index contributed by atoms with van der Waals surface area (Å²) in [5, 5.41) is 2.45. The van der Waals surface area contributed by atoms with Crippen LogP contribution in [-0.4, -0.2) is 31.6 Å². The zero-order valence-corrected chi connectivity index (χ0v) is 10.2. The zero-order valence-electron chi connectivity index (χ0n) is 10.2. The van der Waals surface area contributed by atoms with Crippen LogP contribution in [0.4, 0.5) is 10.6 Å². The highest BCUT2D eigenvalue weighted by molar-refractivity contribution is 5.93. The van der Waals surface area contributed by atoms with Gasteiger partial charge in [0.15, 0.2) is 11.5 Å². The molecule has 2 rings (SSSR count). The normalized spacial score (nSPS) is 11.5. The number of aromatic nitrogens is 4. The first kappa shape index (κ1) is 12.1. The molecule has 0 fully saturated rings. The van der Waals surface area contributed by atoms with Crippen molar-refractivity contribution >= 4 is 23.1 Å². The van der Waals surface area contributed by atoms with Gasteiger partial charge in [-0.15, -0.1) is 0 Å². The van der Waals surface area contributed by atoms with Crippen molar-refractivity contribution in [1.29, 1.82) is 0 Å². The van der Waals surface area contributed by atoms with Gasteiger partial charge in [0.25, 0.3) is 0 Å². The number of imidazole rings is 1. The number of amides is 1. The van der Waals surface area contributed by atoms with E-state index in [0.717, 1.165) is 0 Å². The average Bonchev–Trinajstić information content (AvgIpc) is 2.56. The SMILES string of the molecule is CC(C)(C)OC(=O)Nc1ncnc2[nH]c(=O)[nH]c12. The van der Waals surface area contributed by atoms with E-state index in [9.17, 15) is 9.59 Å². The second-order valence-corrected chi connectivity index (χ2v) is 4.65. The molecule has 0 saturated carbocycles. The molecule has 0 aliphatic heterocycles. The molecule has 96 valence electrons. The van der Waals surface area contributed by atoms with Crippen LogP contribution in [0.15, 0.2) is 11.1 Å². The number of hydrogen-bond acceptors (Lipinski definition) is 5. The van der Waals surface area contributed by atoms with E-state index in [1.54, 1.807) is 20.8 Å². The third-order valence-corrected chi connectivity index (χ3v) is 1.94. The van der Waals surface area contributed by atoms with Gasteiger partial charge in [-0.05, 0) is 20.8 Å². The molecular formula is C10H13N5O3. The van der Waals surface area contributed by atoms with Crippen molar-refractivity contribution in [1.82, 2.24) is 19.9 Å². The monoisotopic (exact) mass is 251 g/mol. The Balaban J connectivity index is 2.27. The molecule has 0 aliphatic rings. The second-order valence-electron chi connectivity index (χ2n) is 4.65. The summed E-state index contributed by atoms with van der Waals surface area (Å²) in [6, 6.07) is 0. The fraction of sp³-hybridized carbons (Fsp3) is 0.400. The highest BCUT2D eigenvalue weighted by Crippen LogP contribution is 2.14. The zero-order chi connectivity index (χ0) is 13.3. The van der Waals surface area contributed by atoms with Gasteiger partial charge in [0.05, 0.1) is 0 Å². The number of ether oxygens (including phenoxy) is 1. The maximum absolute atomic E-state index is 11.6. The van der Waals surface area contributed by atoms with Crippen LogP contribution in [-0.2, 0) is 4.74 Å². The van der Waals surface area contributed by atoms with E-state index in [2.05, 4.69) is 25.3 Å². The van der Waals surface area contributed by atoms with Crippen LogP contribution in [0.5, 0.6) is 0 Å². The Morgan fingerprint density at radius 1 is 1.33 bits per heavy atom. The lowest BCUT2D eigenvalue weighted by atomic mass is 10.2. The van der Waals surface area contributed by atoms with E-state index in [4.69, 9.17) is 4.74 Å². The third kappa shape index (κ3) is 2.65. The largest absolute Gasteiger partial charge is 0.444 e. The summed E-state index contributed by atoms with van der Waals surface area (Å²) in [5.41, 5.74) is -0.380. The van der Waals surface area contributed by atoms with Gasteiger partial charge in [-0.25, -0.2) is 19.6 Å². The van der Waals surface area contributed by atoms with E-state index >= 15 is 0 Å². The van der Waals surface area contributed by atoms with Gasteiger partial charge < -0.3 is 9.72 Å². The molecule has 1 amide bonds. The van der Waals surface area contributed by atoms with Gasteiger partial charge in [0, 0.05) is 0 Å². The molecule has 8 nitrogen and oxygen atoms in total. The summed E-state index contributed by atoms with van der Waals surface area (Å²) in [5.74, 6) is 0.188. The topological polar surface area (TPSA) is 113 Å². The smallest absolute Gasteiger partial charge is 0.413 e. The molecule has 18 heavy (non-hydrogen) atoms. The molecule has 2 heterocycles. The van der Waals surface area contributed by atoms with Gasteiger partial charge in [-0.3, -0.25) is 10.3 Å². The molecular weight excluding hydrogens is 238 g/mol. The molecule has 0 aromatic carbocycles. The lowest BCUT2D eigenvalue weighted by molar-refractivity contribution is 0.0635. The first-order chi connectivity index (χ1) is 8.35. The number of carbonyl (C=O) groups is 1. The van der Waals surface area contributed by atoms with Crippen molar-refractivity contribution in [2.75, 3.05) is 5.32 Å². The number of fused-ring (bicyclic) bond motifs is 1. The predicted octanol–water partition coefficient (Wildman–Crippen LogP) is 0.993. The number of anilines is 1. The summed E-state index contributed by atoms with van der Waals surface area (Å²) in [7, 11) is 0. The first-order valence-corrected chi connectivity index (χ1v) is 5.28. The lowest BCUT2D eigenvalue weighted by Crippen LogP contribution is -2.27. The Labute approximate surface area is 102 Å². The number of H-pyrrole nitrogens is 2. The van der Waals surface area contributed by atoms with Crippen molar-refractivity contribution < 1.29 is 9.53 Å². The number of aromatic amines is 2. The predicted molar refractivity (Wildman–Crippen MR) is 64.4 cm³/mol.